The van der Waals surface area contributed by atoms with E-state index in [-0.39, 0.29) is 29.0 Å². The number of benzene rings is 1. The van der Waals surface area contributed by atoms with Crippen LogP contribution in [0.2, 0.25) is 0 Å². The minimum absolute atomic E-state index is 0.0449. The topological polar surface area (TPSA) is 111 Å². The fraction of sp³-hybridized carbons (Fsp3) is 0.333. The Kier molecular flexibility index (Phi) is 4.93. The summed E-state index contributed by atoms with van der Waals surface area (Å²) in [6.45, 7) is 1.10. The first kappa shape index (κ1) is 16.6. The quantitative estimate of drug-likeness (QED) is 0.791. The van der Waals surface area contributed by atoms with Crippen molar-refractivity contribution in [3.05, 3.63) is 47.9 Å². The second kappa shape index (κ2) is 7.12. The number of nitrogens with one attached hydrogen (secondary N) is 2. The molecule has 8 nitrogen and oxygen atoms in total. The third-order valence-electron chi connectivity index (χ3n) is 3.58. The van der Waals surface area contributed by atoms with Crippen LogP contribution in [-0.2, 0) is 21.3 Å². The van der Waals surface area contributed by atoms with E-state index in [4.69, 9.17) is 4.74 Å². The molecule has 0 aliphatic carbocycles. The molecular weight excluding hydrogens is 334 g/mol. The molecule has 24 heavy (non-hydrogen) atoms. The summed E-state index contributed by atoms with van der Waals surface area (Å²) in [6, 6.07) is 7.28. The number of hydrogen-bond acceptors (Lipinski definition) is 6. The minimum Gasteiger partial charge on any atom is -0.380 e. The average Bonchev–Trinajstić information content (AvgIpc) is 3.26. The molecule has 1 aromatic heterocycles. The highest BCUT2D eigenvalue weighted by atomic mass is 32.2. The second-order valence-corrected chi connectivity index (χ2v) is 7.10. The molecule has 1 aromatic carbocycles. The lowest BCUT2D eigenvalue weighted by atomic mass is 10.2. The van der Waals surface area contributed by atoms with Gasteiger partial charge in [-0.2, -0.15) is 0 Å². The van der Waals surface area contributed by atoms with Gasteiger partial charge in [0.2, 0.25) is 10.0 Å². The number of sulfonamides is 1. The van der Waals surface area contributed by atoms with Gasteiger partial charge in [-0.15, -0.1) is 0 Å². The van der Waals surface area contributed by atoms with Gasteiger partial charge in [0, 0.05) is 24.3 Å². The maximum absolute atomic E-state index is 12.4. The van der Waals surface area contributed by atoms with Crippen molar-refractivity contribution >= 4 is 15.9 Å². The number of rotatable bonds is 6. The van der Waals surface area contributed by atoms with Gasteiger partial charge >= 0.3 is 0 Å². The standard InChI is InChI=1S/C15H17N3O5S/c19-15(16-9-12-5-7-23-17-12)11-2-1-3-14(8-11)24(20,21)18-13-4-6-22-10-13/h1-3,5,7-8,13,18H,4,6,9-10H2,(H,16,19). The number of aromatic nitrogens is 1. The van der Waals surface area contributed by atoms with Crippen LogP contribution in [0.25, 0.3) is 0 Å². The van der Waals surface area contributed by atoms with Gasteiger partial charge in [0.25, 0.3) is 5.91 Å². The molecule has 0 spiro atoms. The molecule has 1 unspecified atom stereocenters. The molecule has 2 aromatic rings. The molecule has 0 radical (unpaired) electrons. The van der Waals surface area contributed by atoms with Crippen molar-refractivity contribution in [2.75, 3.05) is 13.2 Å². The molecule has 1 aliphatic rings. The Balaban J connectivity index is 1.69. The Morgan fingerprint density at radius 2 is 2.21 bits per heavy atom. The summed E-state index contributed by atoms with van der Waals surface area (Å²) in [7, 11) is -3.70. The fourth-order valence-electron chi connectivity index (χ4n) is 2.32. The lowest BCUT2D eigenvalue weighted by Crippen LogP contribution is -2.35. The van der Waals surface area contributed by atoms with Crippen LogP contribution < -0.4 is 10.0 Å². The molecule has 9 heteroatoms. The van der Waals surface area contributed by atoms with Crippen molar-refractivity contribution in [1.29, 1.82) is 0 Å². The third kappa shape index (κ3) is 3.99. The molecular formula is C15H17N3O5S. The van der Waals surface area contributed by atoms with Gasteiger partial charge in [0.05, 0.1) is 18.0 Å². The highest BCUT2D eigenvalue weighted by Gasteiger charge is 2.24. The van der Waals surface area contributed by atoms with Crippen molar-refractivity contribution in [3.63, 3.8) is 0 Å². The minimum atomic E-state index is -3.70. The highest BCUT2D eigenvalue weighted by Crippen LogP contribution is 2.14. The number of carbonyl (C=O) groups excluding carboxylic acids is 1. The van der Waals surface area contributed by atoms with Crippen LogP contribution in [0.5, 0.6) is 0 Å². The summed E-state index contributed by atoms with van der Waals surface area (Å²) in [6.07, 6.45) is 2.05. The zero-order valence-corrected chi connectivity index (χ0v) is 13.6. The van der Waals surface area contributed by atoms with E-state index in [0.717, 1.165) is 0 Å². The normalized spacial score (nSPS) is 17.8. The SMILES string of the molecule is O=C(NCc1ccon1)c1cccc(S(=O)(=O)NC2CCOC2)c1. The summed E-state index contributed by atoms with van der Waals surface area (Å²) in [5, 5.41) is 6.35. The average molecular weight is 351 g/mol. The molecule has 3 rings (SSSR count). The predicted molar refractivity (Wildman–Crippen MR) is 83.7 cm³/mol. The molecule has 1 fully saturated rings. The van der Waals surface area contributed by atoms with E-state index in [0.29, 0.717) is 25.3 Å². The number of carbonyl (C=O) groups is 1. The van der Waals surface area contributed by atoms with Crippen molar-refractivity contribution < 1.29 is 22.5 Å². The van der Waals surface area contributed by atoms with E-state index in [1.54, 1.807) is 12.1 Å². The van der Waals surface area contributed by atoms with E-state index in [1.807, 2.05) is 0 Å². The fourth-order valence-corrected chi connectivity index (χ4v) is 3.62. The molecule has 1 atom stereocenters. The number of ether oxygens (including phenoxy) is 1. The second-order valence-electron chi connectivity index (χ2n) is 5.38. The lowest BCUT2D eigenvalue weighted by Gasteiger charge is -2.12. The van der Waals surface area contributed by atoms with Crippen molar-refractivity contribution in [1.82, 2.24) is 15.2 Å². The Hall–Kier alpha value is -2.23. The first-order chi connectivity index (χ1) is 11.5. The monoisotopic (exact) mass is 351 g/mol. The Morgan fingerprint density at radius 3 is 2.92 bits per heavy atom. The molecule has 1 aliphatic heterocycles. The summed E-state index contributed by atoms with van der Waals surface area (Å²) in [5.74, 6) is -0.390. The maximum atomic E-state index is 12.4. The molecule has 0 bridgehead atoms. The summed E-state index contributed by atoms with van der Waals surface area (Å²) in [4.78, 5) is 12.2. The van der Waals surface area contributed by atoms with Crippen LogP contribution in [0.1, 0.15) is 22.5 Å². The molecule has 0 saturated carbocycles. The number of nitrogens with zero attached hydrogens (tertiary/aromatic N) is 1. The van der Waals surface area contributed by atoms with Crippen molar-refractivity contribution in [2.45, 2.75) is 23.9 Å². The van der Waals surface area contributed by atoms with E-state index in [2.05, 4.69) is 19.7 Å². The zero-order chi connectivity index (χ0) is 17.0. The van der Waals surface area contributed by atoms with Gasteiger partial charge in [-0.1, -0.05) is 11.2 Å². The number of amides is 1. The Bertz CT molecular complexity index is 798. The van der Waals surface area contributed by atoms with Crippen LogP contribution in [-0.4, -0.2) is 38.7 Å². The largest absolute Gasteiger partial charge is 0.380 e. The van der Waals surface area contributed by atoms with Crippen LogP contribution in [0, 0.1) is 0 Å². The number of hydrogen-bond donors (Lipinski definition) is 2. The lowest BCUT2D eigenvalue weighted by molar-refractivity contribution is 0.0950. The highest BCUT2D eigenvalue weighted by molar-refractivity contribution is 7.89. The molecule has 128 valence electrons. The van der Waals surface area contributed by atoms with E-state index in [9.17, 15) is 13.2 Å². The Morgan fingerprint density at radius 1 is 1.33 bits per heavy atom. The van der Waals surface area contributed by atoms with Crippen LogP contribution in [0.4, 0.5) is 0 Å². The summed E-state index contributed by atoms with van der Waals surface area (Å²) < 4.78 is 37.2. The summed E-state index contributed by atoms with van der Waals surface area (Å²) >= 11 is 0. The van der Waals surface area contributed by atoms with Crippen molar-refractivity contribution in [3.8, 4) is 0 Å². The molecule has 2 heterocycles. The van der Waals surface area contributed by atoms with Gasteiger partial charge in [-0.25, -0.2) is 13.1 Å². The Labute approximate surface area is 139 Å². The van der Waals surface area contributed by atoms with Gasteiger partial charge in [-0.05, 0) is 24.6 Å². The van der Waals surface area contributed by atoms with Gasteiger partial charge in [-0.3, -0.25) is 4.79 Å². The predicted octanol–water partition coefficient (Wildman–Crippen LogP) is 0.672. The maximum Gasteiger partial charge on any atom is 0.251 e. The van der Waals surface area contributed by atoms with Gasteiger partial charge < -0.3 is 14.6 Å². The van der Waals surface area contributed by atoms with Gasteiger partial charge in [0.15, 0.2) is 0 Å². The zero-order valence-electron chi connectivity index (χ0n) is 12.8. The first-order valence-electron chi connectivity index (χ1n) is 7.42. The van der Waals surface area contributed by atoms with Gasteiger partial charge in [0.1, 0.15) is 12.0 Å². The first-order valence-corrected chi connectivity index (χ1v) is 8.90. The smallest absolute Gasteiger partial charge is 0.251 e. The molecule has 2 N–H and O–H groups in total. The molecule has 1 amide bonds. The van der Waals surface area contributed by atoms with Crippen LogP contribution in [0.15, 0.2) is 46.0 Å². The molecule has 1 saturated heterocycles. The van der Waals surface area contributed by atoms with E-state index < -0.39 is 10.0 Å². The van der Waals surface area contributed by atoms with E-state index in [1.165, 1.54) is 24.5 Å². The van der Waals surface area contributed by atoms with Crippen LogP contribution >= 0.6 is 0 Å². The van der Waals surface area contributed by atoms with E-state index >= 15 is 0 Å². The third-order valence-corrected chi connectivity index (χ3v) is 5.10. The van der Waals surface area contributed by atoms with Crippen molar-refractivity contribution in [2.24, 2.45) is 0 Å². The van der Waals surface area contributed by atoms with Crippen LogP contribution in [0.3, 0.4) is 0 Å². The summed E-state index contributed by atoms with van der Waals surface area (Å²) in [5.41, 5.74) is 0.832.